The van der Waals surface area contributed by atoms with Crippen molar-refractivity contribution < 1.29 is 8.81 Å². The Hall–Kier alpha value is -1.06. The third-order valence-corrected chi connectivity index (χ3v) is 3.24. The van der Waals surface area contributed by atoms with E-state index in [2.05, 4.69) is 12.2 Å². The summed E-state index contributed by atoms with van der Waals surface area (Å²) in [5, 5.41) is 4.41. The summed E-state index contributed by atoms with van der Waals surface area (Å²) in [4.78, 5) is 0. The van der Waals surface area contributed by atoms with Crippen LogP contribution in [0.1, 0.15) is 31.6 Å². The van der Waals surface area contributed by atoms with E-state index in [-0.39, 0.29) is 5.82 Å². The number of benzene rings is 1. The molecule has 18 heavy (non-hydrogen) atoms. The minimum atomic E-state index is -0.323. The Balaban J connectivity index is 2.44. The van der Waals surface area contributed by atoms with Gasteiger partial charge in [-0.2, -0.15) is 0 Å². The van der Waals surface area contributed by atoms with Gasteiger partial charge in [0.2, 0.25) is 0 Å². The maximum atomic E-state index is 13.4. The molecule has 0 aliphatic rings. The third-order valence-electron chi connectivity index (χ3n) is 2.96. The maximum Gasteiger partial charge on any atom is 0.153 e. The van der Waals surface area contributed by atoms with Crippen LogP contribution >= 0.6 is 11.6 Å². The summed E-state index contributed by atoms with van der Waals surface area (Å²) in [6.45, 7) is 5.73. The van der Waals surface area contributed by atoms with E-state index in [1.807, 2.05) is 6.92 Å². The van der Waals surface area contributed by atoms with Gasteiger partial charge in [-0.1, -0.05) is 25.4 Å². The smallest absolute Gasteiger partial charge is 0.153 e. The zero-order valence-corrected chi connectivity index (χ0v) is 11.4. The van der Waals surface area contributed by atoms with Gasteiger partial charge >= 0.3 is 0 Å². The molecule has 0 aliphatic carbocycles. The highest BCUT2D eigenvalue weighted by molar-refractivity contribution is 6.34. The number of hydrogen-bond acceptors (Lipinski definition) is 2. The first kappa shape index (κ1) is 13.4. The predicted octanol–water partition coefficient (Wildman–Crippen LogP) is 4.29. The Morgan fingerprint density at radius 2 is 2.11 bits per heavy atom. The van der Waals surface area contributed by atoms with Crippen molar-refractivity contribution in [2.24, 2.45) is 0 Å². The average molecular weight is 270 g/mol. The molecular formula is C14H17ClFNO. The molecule has 4 heteroatoms. The molecule has 0 atom stereocenters. The van der Waals surface area contributed by atoms with Gasteiger partial charge in [0, 0.05) is 10.9 Å². The number of aryl methyl sites for hydroxylation is 1. The number of fused-ring (bicyclic) bond motifs is 1. The summed E-state index contributed by atoms with van der Waals surface area (Å²) in [7, 11) is 0. The van der Waals surface area contributed by atoms with Crippen molar-refractivity contribution in [3.63, 3.8) is 0 Å². The zero-order chi connectivity index (χ0) is 13.1. The van der Waals surface area contributed by atoms with Gasteiger partial charge in [-0.3, -0.25) is 0 Å². The lowest BCUT2D eigenvalue weighted by Gasteiger charge is -2.01. The lowest BCUT2D eigenvalue weighted by molar-refractivity contribution is 0.508. The fraction of sp³-hybridized carbons (Fsp3) is 0.429. The van der Waals surface area contributed by atoms with Crippen LogP contribution in [-0.4, -0.2) is 6.54 Å². The Kier molecular flexibility index (Phi) is 4.25. The molecule has 0 unspecified atom stereocenters. The molecule has 0 bridgehead atoms. The second-order valence-electron chi connectivity index (χ2n) is 4.30. The van der Waals surface area contributed by atoms with Crippen molar-refractivity contribution in [3.05, 3.63) is 34.3 Å². The number of nitrogens with one attached hydrogen (secondary N) is 1. The Labute approximate surface area is 111 Å². The van der Waals surface area contributed by atoms with Gasteiger partial charge < -0.3 is 9.73 Å². The second kappa shape index (κ2) is 5.72. The van der Waals surface area contributed by atoms with Crippen LogP contribution in [-0.2, 0) is 13.0 Å². The van der Waals surface area contributed by atoms with Crippen LogP contribution in [0, 0.1) is 5.82 Å². The molecule has 2 nitrogen and oxygen atoms in total. The van der Waals surface area contributed by atoms with E-state index in [0.29, 0.717) is 17.2 Å². The van der Waals surface area contributed by atoms with Crippen molar-refractivity contribution in [2.45, 2.75) is 33.2 Å². The van der Waals surface area contributed by atoms with E-state index in [0.717, 1.165) is 36.1 Å². The van der Waals surface area contributed by atoms with E-state index in [1.165, 1.54) is 12.1 Å². The van der Waals surface area contributed by atoms with E-state index in [1.54, 1.807) is 0 Å². The molecule has 0 aliphatic heterocycles. The standard InChI is InChI=1S/C14H17ClFNO/c1-3-5-17-8-13-10(4-2)11-6-9(16)7-12(15)14(11)18-13/h6-7,17H,3-5,8H2,1-2H3. The molecule has 1 aromatic heterocycles. The number of halogens is 2. The molecule has 2 aromatic rings. The maximum absolute atomic E-state index is 13.4. The van der Waals surface area contributed by atoms with Crippen molar-refractivity contribution in [3.8, 4) is 0 Å². The van der Waals surface area contributed by atoms with Gasteiger partial charge in [0.25, 0.3) is 0 Å². The molecule has 0 fully saturated rings. The Bertz CT molecular complexity index is 550. The minimum absolute atomic E-state index is 0.323. The minimum Gasteiger partial charge on any atom is -0.458 e. The molecule has 0 saturated heterocycles. The third kappa shape index (κ3) is 2.52. The average Bonchev–Trinajstić information content (AvgIpc) is 2.67. The highest BCUT2D eigenvalue weighted by Crippen LogP contribution is 2.32. The Morgan fingerprint density at radius 3 is 2.78 bits per heavy atom. The van der Waals surface area contributed by atoms with Crippen molar-refractivity contribution in [1.82, 2.24) is 5.32 Å². The molecule has 2 rings (SSSR count). The molecule has 0 amide bonds. The lowest BCUT2D eigenvalue weighted by Crippen LogP contribution is -2.14. The summed E-state index contributed by atoms with van der Waals surface area (Å²) in [5.41, 5.74) is 1.62. The molecule has 1 heterocycles. The molecule has 1 aromatic carbocycles. The molecule has 0 radical (unpaired) electrons. The van der Waals surface area contributed by atoms with Gasteiger partial charge in [0.15, 0.2) is 5.58 Å². The van der Waals surface area contributed by atoms with Gasteiger partial charge in [-0.05, 0) is 31.5 Å². The monoisotopic (exact) mass is 269 g/mol. The van der Waals surface area contributed by atoms with Crippen LogP contribution in [0.2, 0.25) is 5.02 Å². The highest BCUT2D eigenvalue weighted by atomic mass is 35.5. The van der Waals surface area contributed by atoms with Crippen LogP contribution in [0.4, 0.5) is 4.39 Å². The number of rotatable bonds is 5. The van der Waals surface area contributed by atoms with Crippen LogP contribution in [0.15, 0.2) is 16.5 Å². The predicted molar refractivity (Wildman–Crippen MR) is 72.6 cm³/mol. The Morgan fingerprint density at radius 1 is 1.33 bits per heavy atom. The fourth-order valence-corrected chi connectivity index (χ4v) is 2.38. The van der Waals surface area contributed by atoms with E-state index in [4.69, 9.17) is 16.0 Å². The van der Waals surface area contributed by atoms with Crippen LogP contribution in [0.5, 0.6) is 0 Å². The highest BCUT2D eigenvalue weighted by Gasteiger charge is 2.15. The summed E-state index contributed by atoms with van der Waals surface area (Å²) >= 11 is 6.01. The first-order valence-electron chi connectivity index (χ1n) is 6.27. The van der Waals surface area contributed by atoms with E-state index < -0.39 is 0 Å². The fourth-order valence-electron chi connectivity index (χ4n) is 2.13. The topological polar surface area (TPSA) is 25.2 Å². The zero-order valence-electron chi connectivity index (χ0n) is 10.6. The molecule has 0 saturated carbocycles. The van der Waals surface area contributed by atoms with Gasteiger partial charge in [0.05, 0.1) is 11.6 Å². The first-order chi connectivity index (χ1) is 8.67. The summed E-state index contributed by atoms with van der Waals surface area (Å²) in [6, 6.07) is 2.78. The largest absolute Gasteiger partial charge is 0.458 e. The van der Waals surface area contributed by atoms with E-state index >= 15 is 0 Å². The lowest BCUT2D eigenvalue weighted by atomic mass is 10.1. The number of furan rings is 1. The summed E-state index contributed by atoms with van der Waals surface area (Å²) in [5.74, 6) is 0.532. The summed E-state index contributed by atoms with van der Waals surface area (Å²) in [6.07, 6.45) is 1.87. The second-order valence-corrected chi connectivity index (χ2v) is 4.71. The molecule has 0 spiro atoms. The number of hydrogen-bond donors (Lipinski definition) is 1. The van der Waals surface area contributed by atoms with Gasteiger partial charge in [-0.25, -0.2) is 4.39 Å². The summed E-state index contributed by atoms with van der Waals surface area (Å²) < 4.78 is 19.1. The van der Waals surface area contributed by atoms with Crippen LogP contribution < -0.4 is 5.32 Å². The first-order valence-corrected chi connectivity index (χ1v) is 6.65. The SMILES string of the molecule is CCCNCc1oc2c(Cl)cc(F)cc2c1CC. The quantitative estimate of drug-likeness (QED) is 0.819. The molecular weight excluding hydrogens is 253 g/mol. The van der Waals surface area contributed by atoms with E-state index in [9.17, 15) is 4.39 Å². The van der Waals surface area contributed by atoms with Crippen molar-refractivity contribution in [2.75, 3.05) is 6.54 Å². The van der Waals surface area contributed by atoms with Gasteiger partial charge in [0.1, 0.15) is 11.6 Å². The van der Waals surface area contributed by atoms with Crippen LogP contribution in [0.3, 0.4) is 0 Å². The molecule has 1 N–H and O–H groups in total. The van der Waals surface area contributed by atoms with Crippen molar-refractivity contribution >= 4 is 22.6 Å². The van der Waals surface area contributed by atoms with Crippen LogP contribution in [0.25, 0.3) is 11.0 Å². The van der Waals surface area contributed by atoms with Gasteiger partial charge in [-0.15, -0.1) is 0 Å². The molecule has 98 valence electrons. The van der Waals surface area contributed by atoms with Crippen molar-refractivity contribution in [1.29, 1.82) is 0 Å². The normalized spacial score (nSPS) is 11.3.